The average Bonchev–Trinajstić information content (AvgIpc) is 2.82. The van der Waals surface area contributed by atoms with Crippen LogP contribution in [0.4, 0.5) is 23.4 Å². The zero-order valence-corrected chi connectivity index (χ0v) is 20.1. The molecule has 3 nitrogen and oxygen atoms in total. The van der Waals surface area contributed by atoms with E-state index in [0.717, 1.165) is 69.2 Å². The quantitative estimate of drug-likeness (QED) is 0.348. The van der Waals surface area contributed by atoms with Gasteiger partial charge < -0.3 is 4.90 Å². The fraction of sp³-hybridized carbons (Fsp3) is 0.320. The minimum absolute atomic E-state index is 0. The molecule has 3 aromatic rings. The van der Waals surface area contributed by atoms with Gasteiger partial charge in [-0.15, -0.1) is 24.8 Å². The second-order valence-corrected chi connectivity index (χ2v) is 8.06. The van der Waals surface area contributed by atoms with Crippen molar-refractivity contribution >= 4 is 30.6 Å². The Morgan fingerprint density at radius 2 is 1.32 bits per heavy atom. The number of halogens is 6. The molecule has 1 aliphatic heterocycles. The number of aromatic nitrogens is 1. The second-order valence-electron chi connectivity index (χ2n) is 8.06. The smallest absolute Gasteiger partial charge is 0.159 e. The van der Waals surface area contributed by atoms with Gasteiger partial charge in [0.15, 0.2) is 23.3 Å². The van der Waals surface area contributed by atoms with Gasteiger partial charge in [0.2, 0.25) is 0 Å². The van der Waals surface area contributed by atoms with Gasteiger partial charge in [-0.2, -0.15) is 0 Å². The van der Waals surface area contributed by atoms with Crippen molar-refractivity contribution in [3.05, 3.63) is 95.2 Å². The van der Waals surface area contributed by atoms with Crippen LogP contribution < -0.4 is 4.90 Å². The number of hydrogen-bond donors (Lipinski definition) is 0. The Labute approximate surface area is 209 Å². The molecule has 0 unspecified atom stereocenters. The van der Waals surface area contributed by atoms with Crippen LogP contribution in [0.2, 0.25) is 0 Å². The van der Waals surface area contributed by atoms with Gasteiger partial charge in [0, 0.05) is 38.3 Å². The Morgan fingerprint density at radius 1 is 0.735 bits per heavy atom. The maximum atomic E-state index is 13.9. The van der Waals surface area contributed by atoms with Gasteiger partial charge in [-0.1, -0.05) is 18.2 Å². The first kappa shape index (κ1) is 27.9. The van der Waals surface area contributed by atoms with E-state index < -0.39 is 23.3 Å². The number of benzene rings is 2. The highest BCUT2D eigenvalue weighted by molar-refractivity contribution is 5.85. The van der Waals surface area contributed by atoms with Crippen LogP contribution in [-0.2, 0) is 0 Å². The van der Waals surface area contributed by atoms with E-state index in [2.05, 4.69) is 14.8 Å². The molecule has 1 aromatic heterocycles. The van der Waals surface area contributed by atoms with E-state index in [9.17, 15) is 17.6 Å². The Morgan fingerprint density at radius 3 is 1.82 bits per heavy atom. The summed E-state index contributed by atoms with van der Waals surface area (Å²) in [7, 11) is 0. The first-order valence-corrected chi connectivity index (χ1v) is 10.8. The number of pyridine rings is 1. The number of rotatable bonds is 7. The van der Waals surface area contributed by atoms with Crippen LogP contribution >= 0.6 is 24.8 Å². The predicted octanol–water partition coefficient (Wildman–Crippen LogP) is 6.22. The highest BCUT2D eigenvalue weighted by atomic mass is 35.5. The molecule has 2 heterocycles. The van der Waals surface area contributed by atoms with E-state index in [4.69, 9.17) is 0 Å². The fourth-order valence-corrected chi connectivity index (χ4v) is 4.24. The molecule has 0 aliphatic carbocycles. The van der Waals surface area contributed by atoms with Crippen LogP contribution in [-0.4, -0.2) is 42.6 Å². The topological polar surface area (TPSA) is 19.4 Å². The van der Waals surface area contributed by atoms with Crippen LogP contribution in [0.3, 0.4) is 0 Å². The fourth-order valence-electron chi connectivity index (χ4n) is 4.24. The minimum atomic E-state index is -0.944. The molecular weight excluding hydrogens is 489 g/mol. The summed E-state index contributed by atoms with van der Waals surface area (Å²) in [6.07, 6.45) is 3.18. The molecule has 184 valence electrons. The molecule has 1 saturated heterocycles. The van der Waals surface area contributed by atoms with Gasteiger partial charge in [0.1, 0.15) is 5.82 Å². The molecule has 0 amide bonds. The lowest BCUT2D eigenvalue weighted by Gasteiger charge is -2.35. The number of piperazine rings is 1. The monoisotopic (exact) mass is 515 g/mol. The summed E-state index contributed by atoms with van der Waals surface area (Å²) in [6, 6.07) is 13.3. The van der Waals surface area contributed by atoms with Gasteiger partial charge in [-0.05, 0) is 66.9 Å². The highest BCUT2D eigenvalue weighted by Crippen LogP contribution is 2.31. The molecule has 34 heavy (non-hydrogen) atoms. The normalized spacial score (nSPS) is 14.0. The van der Waals surface area contributed by atoms with Gasteiger partial charge in [0.05, 0.1) is 0 Å². The third-order valence-corrected chi connectivity index (χ3v) is 6.00. The zero-order valence-electron chi connectivity index (χ0n) is 18.5. The maximum Gasteiger partial charge on any atom is 0.159 e. The summed E-state index contributed by atoms with van der Waals surface area (Å²) in [5.41, 5.74) is 1.10. The molecule has 0 N–H and O–H groups in total. The number of nitrogens with zero attached hydrogens (tertiary/aromatic N) is 3. The van der Waals surface area contributed by atoms with Crippen LogP contribution in [0, 0.1) is 23.3 Å². The summed E-state index contributed by atoms with van der Waals surface area (Å²) in [6.45, 7) is 4.40. The van der Waals surface area contributed by atoms with Crippen LogP contribution in [0.25, 0.3) is 0 Å². The van der Waals surface area contributed by atoms with Crippen LogP contribution in [0.1, 0.15) is 29.9 Å². The maximum absolute atomic E-state index is 13.9. The standard InChI is InChI=1S/C25H25F4N3.2ClH/c26-21-8-6-18(16-23(21)28)20(19-7-9-22(27)24(29)17-19)4-3-11-31-12-14-32(15-13-31)25-5-1-2-10-30-25;;/h1-2,5-10,16-17,20H,3-4,11-15H2;2*1H. The highest BCUT2D eigenvalue weighted by Gasteiger charge is 2.21. The molecule has 1 fully saturated rings. The van der Waals surface area contributed by atoms with E-state index in [1.165, 1.54) is 12.1 Å². The zero-order chi connectivity index (χ0) is 22.5. The molecule has 0 spiro atoms. The molecule has 4 rings (SSSR count). The molecular formula is C25H27Cl2F4N3. The van der Waals surface area contributed by atoms with Gasteiger partial charge in [-0.3, -0.25) is 4.90 Å². The van der Waals surface area contributed by atoms with Crippen molar-refractivity contribution in [2.75, 3.05) is 37.6 Å². The molecule has 0 bridgehead atoms. The summed E-state index contributed by atoms with van der Waals surface area (Å²) in [4.78, 5) is 9.01. The van der Waals surface area contributed by atoms with Crippen LogP contribution in [0.15, 0.2) is 60.8 Å². The van der Waals surface area contributed by atoms with Gasteiger partial charge in [-0.25, -0.2) is 22.5 Å². The molecule has 0 atom stereocenters. The van der Waals surface area contributed by atoms with Gasteiger partial charge in [0.25, 0.3) is 0 Å². The van der Waals surface area contributed by atoms with E-state index in [0.29, 0.717) is 17.5 Å². The van der Waals surface area contributed by atoms with Crippen molar-refractivity contribution in [1.82, 2.24) is 9.88 Å². The van der Waals surface area contributed by atoms with E-state index in [1.807, 2.05) is 18.2 Å². The molecule has 9 heteroatoms. The predicted molar refractivity (Wildman–Crippen MR) is 131 cm³/mol. The SMILES string of the molecule is Cl.Cl.Fc1ccc(C(CCCN2CCN(c3ccccn3)CC2)c2ccc(F)c(F)c2)cc1F. The lowest BCUT2D eigenvalue weighted by molar-refractivity contribution is 0.251. The summed E-state index contributed by atoms with van der Waals surface area (Å²) in [5, 5.41) is 0. The van der Waals surface area contributed by atoms with E-state index in [-0.39, 0.29) is 30.7 Å². The van der Waals surface area contributed by atoms with Crippen molar-refractivity contribution in [3.8, 4) is 0 Å². The Bertz CT molecular complexity index is 996. The number of hydrogen-bond acceptors (Lipinski definition) is 3. The molecule has 2 aromatic carbocycles. The minimum Gasteiger partial charge on any atom is -0.354 e. The summed E-state index contributed by atoms with van der Waals surface area (Å²) < 4.78 is 54.6. The Hall–Kier alpha value is -2.35. The van der Waals surface area contributed by atoms with Gasteiger partial charge >= 0.3 is 0 Å². The Kier molecular flexibility index (Phi) is 10.6. The lowest BCUT2D eigenvalue weighted by atomic mass is 9.87. The molecule has 0 radical (unpaired) electrons. The third-order valence-electron chi connectivity index (χ3n) is 6.00. The summed E-state index contributed by atoms with van der Waals surface area (Å²) >= 11 is 0. The van der Waals surface area contributed by atoms with Crippen molar-refractivity contribution in [1.29, 1.82) is 0 Å². The van der Waals surface area contributed by atoms with Crippen molar-refractivity contribution in [3.63, 3.8) is 0 Å². The Balaban J connectivity index is 0.00000204. The largest absolute Gasteiger partial charge is 0.354 e. The van der Waals surface area contributed by atoms with Crippen molar-refractivity contribution < 1.29 is 17.6 Å². The van der Waals surface area contributed by atoms with Crippen LogP contribution in [0.5, 0.6) is 0 Å². The molecule has 1 aliphatic rings. The number of anilines is 1. The average molecular weight is 516 g/mol. The van der Waals surface area contributed by atoms with E-state index in [1.54, 1.807) is 6.20 Å². The molecule has 0 saturated carbocycles. The lowest BCUT2D eigenvalue weighted by Crippen LogP contribution is -2.46. The first-order chi connectivity index (χ1) is 15.5. The van der Waals surface area contributed by atoms with Crippen molar-refractivity contribution in [2.45, 2.75) is 18.8 Å². The second kappa shape index (κ2) is 12.9. The third kappa shape index (κ3) is 6.84. The van der Waals surface area contributed by atoms with E-state index >= 15 is 0 Å². The summed E-state index contributed by atoms with van der Waals surface area (Å²) in [5.74, 6) is -3.12. The van der Waals surface area contributed by atoms with Crippen molar-refractivity contribution in [2.24, 2.45) is 0 Å². The first-order valence-electron chi connectivity index (χ1n) is 10.8.